The first-order chi connectivity index (χ1) is 10.5. The second-order valence-corrected chi connectivity index (χ2v) is 7.36. The van der Waals surface area contributed by atoms with Gasteiger partial charge in [-0.05, 0) is 19.1 Å². The van der Waals surface area contributed by atoms with Crippen LogP contribution in [0.4, 0.5) is 5.13 Å². The molecule has 3 aromatic rings. The van der Waals surface area contributed by atoms with Gasteiger partial charge in [0.2, 0.25) is 0 Å². The Bertz CT molecular complexity index is 870. The Labute approximate surface area is 133 Å². The highest BCUT2D eigenvalue weighted by atomic mass is 32.2. The van der Waals surface area contributed by atoms with Crippen molar-refractivity contribution in [3.63, 3.8) is 0 Å². The Kier molecular flexibility index (Phi) is 3.96. The predicted molar refractivity (Wildman–Crippen MR) is 89.5 cm³/mol. The molecular weight excluding hydrogens is 316 g/mol. The quantitative estimate of drug-likeness (QED) is 0.789. The third-order valence-corrected chi connectivity index (χ3v) is 5.37. The monoisotopic (exact) mass is 330 g/mol. The number of hydrogen-bond acceptors (Lipinski definition) is 4. The number of hydrogen-bond donors (Lipinski definition) is 1. The zero-order valence-corrected chi connectivity index (χ0v) is 13.5. The molecule has 1 N–H and O–H groups in total. The summed E-state index contributed by atoms with van der Waals surface area (Å²) < 4.78 is 27.0. The van der Waals surface area contributed by atoms with E-state index in [-0.39, 0.29) is 4.90 Å². The highest BCUT2D eigenvalue weighted by molar-refractivity contribution is 7.93. The Balaban J connectivity index is 1.84. The number of thiazole rings is 1. The van der Waals surface area contributed by atoms with E-state index in [1.807, 2.05) is 36.6 Å². The molecule has 0 fully saturated rings. The normalized spacial score (nSPS) is 11.3. The number of rotatable bonds is 4. The van der Waals surface area contributed by atoms with E-state index < -0.39 is 10.0 Å². The standard InChI is InChI=1S/C16H14N2O2S2/c1-12-7-9-13(10-8-12)15-11-21-16(17-15)18-22(19,20)14-5-3-2-4-6-14/h2-11H,1H3,(H,17,18). The molecule has 0 amide bonds. The maximum absolute atomic E-state index is 12.2. The average molecular weight is 330 g/mol. The van der Waals surface area contributed by atoms with Gasteiger partial charge < -0.3 is 0 Å². The molecule has 22 heavy (non-hydrogen) atoms. The van der Waals surface area contributed by atoms with Crippen LogP contribution in [0.15, 0.2) is 64.9 Å². The third-order valence-electron chi connectivity index (χ3n) is 3.13. The summed E-state index contributed by atoms with van der Waals surface area (Å²) in [6.45, 7) is 2.02. The molecule has 6 heteroatoms. The second kappa shape index (κ2) is 5.90. The van der Waals surface area contributed by atoms with Gasteiger partial charge in [-0.2, -0.15) is 0 Å². The van der Waals surface area contributed by atoms with Gasteiger partial charge in [-0.3, -0.25) is 4.72 Å². The molecule has 0 spiro atoms. The molecule has 2 aromatic carbocycles. The van der Waals surface area contributed by atoms with Crippen LogP contribution >= 0.6 is 11.3 Å². The van der Waals surface area contributed by atoms with Crippen LogP contribution in [0.5, 0.6) is 0 Å². The van der Waals surface area contributed by atoms with Gasteiger partial charge in [0, 0.05) is 10.9 Å². The van der Waals surface area contributed by atoms with Crippen molar-refractivity contribution in [2.24, 2.45) is 0 Å². The van der Waals surface area contributed by atoms with Crippen LogP contribution in [0.1, 0.15) is 5.56 Å². The SMILES string of the molecule is Cc1ccc(-c2csc(NS(=O)(=O)c3ccccc3)n2)cc1. The topological polar surface area (TPSA) is 59.1 Å². The van der Waals surface area contributed by atoms with Gasteiger partial charge >= 0.3 is 0 Å². The minimum Gasteiger partial charge on any atom is -0.255 e. The smallest absolute Gasteiger partial charge is 0.255 e. The molecule has 112 valence electrons. The van der Waals surface area contributed by atoms with Crippen LogP contribution in [-0.4, -0.2) is 13.4 Å². The van der Waals surface area contributed by atoms with E-state index in [1.165, 1.54) is 16.9 Å². The summed E-state index contributed by atoms with van der Waals surface area (Å²) in [6.07, 6.45) is 0. The molecule has 1 heterocycles. The van der Waals surface area contributed by atoms with E-state index in [0.29, 0.717) is 5.13 Å². The molecule has 0 radical (unpaired) electrons. The van der Waals surface area contributed by atoms with Crippen molar-refractivity contribution < 1.29 is 8.42 Å². The van der Waals surface area contributed by atoms with E-state index in [1.54, 1.807) is 30.3 Å². The zero-order valence-electron chi connectivity index (χ0n) is 11.9. The highest BCUT2D eigenvalue weighted by Gasteiger charge is 2.15. The van der Waals surface area contributed by atoms with E-state index >= 15 is 0 Å². The molecule has 3 rings (SSSR count). The Morgan fingerprint density at radius 1 is 1.00 bits per heavy atom. The lowest BCUT2D eigenvalue weighted by molar-refractivity contribution is 0.601. The van der Waals surface area contributed by atoms with Gasteiger partial charge in [0.05, 0.1) is 10.6 Å². The number of sulfonamides is 1. The van der Waals surface area contributed by atoms with Crippen LogP contribution in [0.2, 0.25) is 0 Å². The van der Waals surface area contributed by atoms with Crippen molar-refractivity contribution in [2.75, 3.05) is 4.72 Å². The van der Waals surface area contributed by atoms with E-state index in [2.05, 4.69) is 9.71 Å². The van der Waals surface area contributed by atoms with Gasteiger partial charge in [-0.25, -0.2) is 13.4 Å². The Morgan fingerprint density at radius 3 is 2.36 bits per heavy atom. The molecule has 4 nitrogen and oxygen atoms in total. The lowest BCUT2D eigenvalue weighted by atomic mass is 10.1. The van der Waals surface area contributed by atoms with Crippen molar-refractivity contribution in [1.82, 2.24) is 4.98 Å². The van der Waals surface area contributed by atoms with Crippen molar-refractivity contribution >= 4 is 26.5 Å². The summed E-state index contributed by atoms with van der Waals surface area (Å²) in [6, 6.07) is 16.2. The fourth-order valence-corrected chi connectivity index (χ4v) is 3.94. The lowest BCUT2D eigenvalue weighted by Crippen LogP contribution is -2.12. The van der Waals surface area contributed by atoms with Gasteiger partial charge in [0.15, 0.2) is 5.13 Å². The maximum Gasteiger partial charge on any atom is 0.263 e. The number of aromatic nitrogens is 1. The van der Waals surface area contributed by atoms with Crippen molar-refractivity contribution in [1.29, 1.82) is 0 Å². The van der Waals surface area contributed by atoms with Gasteiger partial charge in [-0.1, -0.05) is 48.0 Å². The second-order valence-electron chi connectivity index (χ2n) is 4.82. The van der Waals surface area contributed by atoms with Crippen LogP contribution in [-0.2, 0) is 10.0 Å². The molecule has 0 atom stereocenters. The first-order valence-corrected chi connectivity index (χ1v) is 9.01. The predicted octanol–water partition coefficient (Wildman–Crippen LogP) is 3.92. The number of nitrogens with zero attached hydrogens (tertiary/aromatic N) is 1. The summed E-state index contributed by atoms with van der Waals surface area (Å²) in [4.78, 5) is 4.57. The third kappa shape index (κ3) is 3.18. The number of benzene rings is 2. The first kappa shape index (κ1) is 14.7. The van der Waals surface area contributed by atoms with E-state index in [4.69, 9.17) is 0 Å². The van der Waals surface area contributed by atoms with Gasteiger partial charge in [-0.15, -0.1) is 11.3 Å². The molecule has 0 saturated heterocycles. The molecular formula is C16H14N2O2S2. The van der Waals surface area contributed by atoms with Crippen LogP contribution in [0, 0.1) is 6.92 Å². The average Bonchev–Trinajstić information content (AvgIpc) is 2.97. The minimum absolute atomic E-state index is 0.224. The van der Waals surface area contributed by atoms with Crippen molar-refractivity contribution in [3.05, 3.63) is 65.5 Å². The Morgan fingerprint density at radius 2 is 1.68 bits per heavy atom. The van der Waals surface area contributed by atoms with E-state index in [0.717, 1.165) is 11.3 Å². The van der Waals surface area contributed by atoms with Gasteiger partial charge in [0.25, 0.3) is 10.0 Å². The molecule has 0 saturated carbocycles. The fourth-order valence-electron chi connectivity index (χ4n) is 1.95. The largest absolute Gasteiger partial charge is 0.263 e. The van der Waals surface area contributed by atoms with Crippen molar-refractivity contribution in [2.45, 2.75) is 11.8 Å². The molecule has 0 unspecified atom stereocenters. The van der Waals surface area contributed by atoms with Crippen LogP contribution in [0.25, 0.3) is 11.3 Å². The zero-order chi connectivity index (χ0) is 15.6. The minimum atomic E-state index is -3.59. The lowest BCUT2D eigenvalue weighted by Gasteiger charge is -2.04. The summed E-state index contributed by atoms with van der Waals surface area (Å²) in [5.74, 6) is 0. The number of nitrogens with one attached hydrogen (secondary N) is 1. The first-order valence-electron chi connectivity index (χ1n) is 6.65. The van der Waals surface area contributed by atoms with Crippen LogP contribution in [0.3, 0.4) is 0 Å². The molecule has 0 bridgehead atoms. The number of anilines is 1. The summed E-state index contributed by atoms with van der Waals surface area (Å²) >= 11 is 1.27. The molecule has 0 aliphatic rings. The van der Waals surface area contributed by atoms with Gasteiger partial charge in [0.1, 0.15) is 0 Å². The van der Waals surface area contributed by atoms with Crippen molar-refractivity contribution in [3.8, 4) is 11.3 Å². The summed E-state index contributed by atoms with van der Waals surface area (Å²) in [7, 11) is -3.59. The molecule has 1 aromatic heterocycles. The molecule has 0 aliphatic heterocycles. The van der Waals surface area contributed by atoms with Crippen LogP contribution < -0.4 is 4.72 Å². The number of aryl methyl sites for hydroxylation is 1. The summed E-state index contributed by atoms with van der Waals surface area (Å²) in [5, 5.41) is 2.20. The fraction of sp³-hybridized carbons (Fsp3) is 0.0625. The van der Waals surface area contributed by atoms with E-state index in [9.17, 15) is 8.42 Å². The highest BCUT2D eigenvalue weighted by Crippen LogP contribution is 2.26. The summed E-state index contributed by atoms with van der Waals surface area (Å²) in [5.41, 5.74) is 2.90. The molecule has 0 aliphatic carbocycles. The maximum atomic E-state index is 12.2. The Hall–Kier alpha value is -2.18.